The van der Waals surface area contributed by atoms with E-state index >= 15 is 0 Å². The highest BCUT2D eigenvalue weighted by Gasteiger charge is 2.36. The molecule has 1 rings (SSSR count). The van der Waals surface area contributed by atoms with Gasteiger partial charge in [0.05, 0.1) is 40.0 Å². The minimum Gasteiger partial charge on any atom is -0.756 e. The van der Waals surface area contributed by atoms with Gasteiger partial charge in [0.15, 0.2) is 6.10 Å². The van der Waals surface area contributed by atoms with Crippen molar-refractivity contribution in [1.82, 2.24) is 0 Å². The number of carbonyl (C=O) groups is 2. The third-order valence-corrected chi connectivity index (χ3v) is 10.8. The molecule has 55 heavy (non-hydrogen) atoms. The lowest BCUT2D eigenvalue weighted by atomic mass is 10.1. The summed E-state index contributed by atoms with van der Waals surface area (Å²) in [5.74, 6) is -0.865. The number of epoxide rings is 1. The number of rotatable bonds is 39. The first-order chi connectivity index (χ1) is 26.5. The summed E-state index contributed by atoms with van der Waals surface area (Å²) >= 11 is 0. The van der Waals surface area contributed by atoms with Crippen molar-refractivity contribution in [1.29, 1.82) is 0 Å². The van der Waals surface area contributed by atoms with Crippen LogP contribution in [0.2, 0.25) is 0 Å². The predicted molar refractivity (Wildman–Crippen MR) is 222 cm³/mol. The van der Waals surface area contributed by atoms with Gasteiger partial charge in [-0.2, -0.15) is 0 Å². The van der Waals surface area contributed by atoms with E-state index in [1.165, 1.54) is 64.2 Å². The Balaban J connectivity index is 2.29. The van der Waals surface area contributed by atoms with Gasteiger partial charge in [-0.3, -0.25) is 14.2 Å². The van der Waals surface area contributed by atoms with Gasteiger partial charge in [0.25, 0.3) is 7.82 Å². The fourth-order valence-electron chi connectivity index (χ4n) is 6.24. The SMILES string of the molecule is CCCCC/C=C\CC1OC1CCCCCCCC(=O)O[C@H](COC(=O)CCCCCCC/C=C\CCCCCCCC)COP(=O)([O-])OCC[N+](C)(C)C. The number of nitrogens with zero attached hydrogens (tertiary/aromatic N) is 1. The highest BCUT2D eigenvalue weighted by Crippen LogP contribution is 2.38. The van der Waals surface area contributed by atoms with Crippen molar-refractivity contribution in [3.8, 4) is 0 Å². The molecule has 3 unspecified atom stereocenters. The molecular weight excluding hydrogens is 717 g/mol. The van der Waals surface area contributed by atoms with Crippen LogP contribution in [0.25, 0.3) is 0 Å². The lowest BCUT2D eigenvalue weighted by Gasteiger charge is -2.28. The molecule has 0 saturated carbocycles. The summed E-state index contributed by atoms with van der Waals surface area (Å²) in [4.78, 5) is 37.6. The number of quaternary nitrogens is 1. The van der Waals surface area contributed by atoms with E-state index in [0.717, 1.165) is 77.0 Å². The Bertz CT molecular complexity index is 1060. The monoisotopic (exact) mass is 800 g/mol. The van der Waals surface area contributed by atoms with Crippen LogP contribution in [0, 0.1) is 0 Å². The number of hydrogen-bond donors (Lipinski definition) is 0. The third kappa shape index (κ3) is 34.2. The van der Waals surface area contributed by atoms with Crippen molar-refractivity contribution in [2.24, 2.45) is 0 Å². The first-order valence-corrected chi connectivity index (χ1v) is 23.6. The molecule has 0 radical (unpaired) electrons. The zero-order valence-electron chi connectivity index (χ0n) is 35.8. The number of phosphoric acid groups is 1. The molecule has 1 aliphatic rings. The van der Waals surface area contributed by atoms with Gasteiger partial charge in [0.2, 0.25) is 0 Å². The lowest BCUT2D eigenvalue weighted by Crippen LogP contribution is -2.37. The molecule has 0 aromatic rings. The van der Waals surface area contributed by atoms with Crippen molar-refractivity contribution in [3.63, 3.8) is 0 Å². The minimum absolute atomic E-state index is 0.0372. The summed E-state index contributed by atoms with van der Waals surface area (Å²) in [6, 6.07) is 0. The molecular formula is C44H82NO9P. The first kappa shape index (κ1) is 51.5. The molecule has 0 bridgehead atoms. The molecule has 0 N–H and O–H groups in total. The van der Waals surface area contributed by atoms with Gasteiger partial charge in [-0.05, 0) is 64.2 Å². The summed E-state index contributed by atoms with van der Waals surface area (Å²) in [6.07, 6.45) is 36.4. The Morgan fingerprint density at radius 3 is 1.78 bits per heavy atom. The van der Waals surface area contributed by atoms with Crippen LogP contribution in [0.5, 0.6) is 0 Å². The zero-order valence-corrected chi connectivity index (χ0v) is 36.7. The van der Waals surface area contributed by atoms with E-state index < -0.39 is 32.5 Å². The predicted octanol–water partition coefficient (Wildman–Crippen LogP) is 10.7. The topological polar surface area (TPSA) is 124 Å². The highest BCUT2D eigenvalue weighted by molar-refractivity contribution is 7.45. The average Bonchev–Trinajstić information content (AvgIpc) is 3.89. The molecule has 0 spiro atoms. The van der Waals surface area contributed by atoms with E-state index in [4.69, 9.17) is 23.3 Å². The van der Waals surface area contributed by atoms with Gasteiger partial charge < -0.3 is 32.6 Å². The van der Waals surface area contributed by atoms with E-state index in [1.807, 2.05) is 21.1 Å². The van der Waals surface area contributed by atoms with Gasteiger partial charge >= 0.3 is 11.9 Å². The molecule has 10 nitrogen and oxygen atoms in total. The fourth-order valence-corrected chi connectivity index (χ4v) is 6.97. The summed E-state index contributed by atoms with van der Waals surface area (Å²) in [5.41, 5.74) is 0. The van der Waals surface area contributed by atoms with Crippen LogP contribution >= 0.6 is 7.82 Å². The first-order valence-electron chi connectivity index (χ1n) is 22.2. The summed E-state index contributed by atoms with van der Waals surface area (Å²) < 4.78 is 39.7. The second-order valence-corrected chi connectivity index (χ2v) is 17.9. The van der Waals surface area contributed by atoms with Gasteiger partial charge in [0, 0.05) is 12.8 Å². The van der Waals surface area contributed by atoms with Crippen LogP contribution in [-0.4, -0.2) is 82.2 Å². The van der Waals surface area contributed by atoms with Crippen LogP contribution in [0.3, 0.4) is 0 Å². The van der Waals surface area contributed by atoms with Gasteiger partial charge in [0.1, 0.15) is 19.8 Å². The maximum absolute atomic E-state index is 12.7. The molecule has 1 aliphatic heterocycles. The molecule has 1 saturated heterocycles. The molecule has 0 amide bonds. The van der Waals surface area contributed by atoms with Crippen LogP contribution in [-0.2, 0) is 37.4 Å². The number of unbranched alkanes of at least 4 members (excludes halogenated alkanes) is 18. The van der Waals surface area contributed by atoms with E-state index in [-0.39, 0.29) is 26.1 Å². The Labute approximate surface area is 336 Å². The number of esters is 2. The van der Waals surface area contributed by atoms with Crippen molar-refractivity contribution in [2.75, 3.05) is 47.5 Å². The van der Waals surface area contributed by atoms with E-state index in [9.17, 15) is 19.0 Å². The fraction of sp³-hybridized carbons (Fsp3) is 0.864. The average molecular weight is 800 g/mol. The molecule has 11 heteroatoms. The molecule has 0 aromatic heterocycles. The minimum atomic E-state index is -4.63. The summed E-state index contributed by atoms with van der Waals surface area (Å²) in [6.45, 7) is 4.15. The number of hydrogen-bond acceptors (Lipinski definition) is 9. The van der Waals surface area contributed by atoms with Crippen molar-refractivity contribution < 1.29 is 46.8 Å². The Morgan fingerprint density at radius 1 is 0.655 bits per heavy atom. The van der Waals surface area contributed by atoms with Crippen molar-refractivity contribution >= 4 is 19.8 Å². The standard InChI is InChI=1S/C44H82NO9P/c1-6-8-10-12-14-15-16-17-18-19-20-21-22-26-30-34-43(46)50-38-40(39-52-55(48,49)51-37-36-45(3,4)5)53-44(47)35-31-27-23-25-29-33-42-41(54-42)32-28-24-13-11-9-7-2/h17-18,24,28,40-42H,6-16,19-23,25-27,29-39H2,1-5H3/b18-17-,28-24-/t40-,41?,42?/m1/s1. The second kappa shape index (κ2) is 33.4. The zero-order chi connectivity index (χ0) is 40.5. The normalized spacial score (nSPS) is 17.5. The maximum Gasteiger partial charge on any atom is 0.306 e. The number of carbonyl (C=O) groups excluding carboxylic acids is 2. The van der Waals surface area contributed by atoms with Crippen molar-refractivity contribution in [3.05, 3.63) is 24.3 Å². The molecule has 322 valence electrons. The van der Waals surface area contributed by atoms with Gasteiger partial charge in [-0.1, -0.05) is 128 Å². The number of ether oxygens (including phenoxy) is 3. The third-order valence-electron chi connectivity index (χ3n) is 9.87. The quantitative estimate of drug-likeness (QED) is 0.0149. The molecule has 0 aromatic carbocycles. The van der Waals surface area contributed by atoms with Crippen molar-refractivity contribution in [2.45, 2.75) is 199 Å². The Kier molecular flexibility index (Phi) is 31.3. The van der Waals surface area contributed by atoms with E-state index in [0.29, 0.717) is 36.1 Å². The smallest absolute Gasteiger partial charge is 0.306 e. The van der Waals surface area contributed by atoms with Crippen LogP contribution in [0.15, 0.2) is 24.3 Å². The Morgan fingerprint density at radius 2 is 1.16 bits per heavy atom. The van der Waals surface area contributed by atoms with Crippen LogP contribution in [0.1, 0.15) is 181 Å². The van der Waals surface area contributed by atoms with Crippen LogP contribution < -0.4 is 4.89 Å². The molecule has 1 heterocycles. The van der Waals surface area contributed by atoms with Gasteiger partial charge in [-0.25, -0.2) is 0 Å². The summed E-state index contributed by atoms with van der Waals surface area (Å²) in [7, 11) is 1.14. The van der Waals surface area contributed by atoms with E-state index in [2.05, 4.69) is 38.2 Å². The second-order valence-electron chi connectivity index (χ2n) is 16.4. The molecule has 0 aliphatic carbocycles. The molecule has 1 fully saturated rings. The number of likely N-dealkylation sites (N-methyl/N-ethyl adjacent to an activating group) is 1. The van der Waals surface area contributed by atoms with Gasteiger partial charge in [-0.15, -0.1) is 0 Å². The maximum atomic E-state index is 12.7. The number of phosphoric ester groups is 1. The largest absolute Gasteiger partial charge is 0.756 e. The van der Waals surface area contributed by atoms with Crippen LogP contribution in [0.4, 0.5) is 0 Å². The highest BCUT2D eigenvalue weighted by atomic mass is 31.2. The summed E-state index contributed by atoms with van der Waals surface area (Å²) in [5, 5.41) is 0. The van der Waals surface area contributed by atoms with E-state index in [1.54, 1.807) is 0 Å². The molecule has 4 atom stereocenters. The Hall–Kier alpha value is -1.55. The number of allylic oxidation sites excluding steroid dienone is 3. The lowest BCUT2D eigenvalue weighted by molar-refractivity contribution is -0.870.